The Morgan fingerprint density at radius 2 is 1.24 bits per heavy atom. The summed E-state index contributed by atoms with van der Waals surface area (Å²) in [7, 11) is 0. The van der Waals surface area contributed by atoms with Crippen molar-refractivity contribution >= 4 is 11.7 Å². The first kappa shape index (κ1) is 24.3. The Hall–Kier alpha value is -3.32. The molecule has 0 saturated carbocycles. The summed E-state index contributed by atoms with van der Waals surface area (Å²) in [5.41, 5.74) is 4.32. The predicted molar refractivity (Wildman–Crippen MR) is 130 cm³/mol. The molecule has 3 N–H and O–H groups in total. The van der Waals surface area contributed by atoms with Gasteiger partial charge in [0.2, 0.25) is 0 Å². The molecular weight excluding hydrogens is 416 g/mol. The van der Waals surface area contributed by atoms with E-state index in [1.165, 1.54) is 0 Å². The highest BCUT2D eigenvalue weighted by atomic mass is 16.4. The zero-order valence-electron chi connectivity index (χ0n) is 18.5. The van der Waals surface area contributed by atoms with E-state index in [0.717, 1.165) is 22.3 Å². The van der Waals surface area contributed by atoms with Gasteiger partial charge in [0.25, 0.3) is 0 Å². The summed E-state index contributed by atoms with van der Waals surface area (Å²) in [4.78, 5) is 18.7. The van der Waals surface area contributed by atoms with E-state index in [1.54, 1.807) is 0 Å². The van der Waals surface area contributed by atoms with Crippen molar-refractivity contribution in [1.82, 2.24) is 4.90 Å². The maximum absolute atomic E-state index is 12.1. The van der Waals surface area contributed by atoms with Crippen molar-refractivity contribution in [3.05, 3.63) is 107 Å². The zero-order chi connectivity index (χ0) is 23.5. The first-order valence-corrected chi connectivity index (χ1v) is 11.0. The lowest BCUT2D eigenvalue weighted by Crippen LogP contribution is -2.29. The van der Waals surface area contributed by atoms with Crippen LogP contribution < -0.4 is 0 Å². The molecule has 172 valence electrons. The first-order chi connectivity index (χ1) is 16.1. The molecule has 6 nitrogen and oxygen atoms in total. The Kier molecular flexibility index (Phi) is 9.32. The second-order valence-corrected chi connectivity index (χ2v) is 7.81. The number of hydrogen-bond acceptors (Lipinski definition) is 5. The highest BCUT2D eigenvalue weighted by Gasteiger charge is 2.19. The van der Waals surface area contributed by atoms with E-state index in [2.05, 4.69) is 4.99 Å². The van der Waals surface area contributed by atoms with Crippen molar-refractivity contribution in [3.63, 3.8) is 0 Å². The number of rotatable bonds is 12. The molecule has 6 heteroatoms. The smallest absolute Gasteiger partial charge is 0.328 e. The van der Waals surface area contributed by atoms with E-state index in [9.17, 15) is 20.1 Å². The summed E-state index contributed by atoms with van der Waals surface area (Å²) in [5.74, 6) is -0.972. The average Bonchev–Trinajstić information content (AvgIpc) is 2.84. The molecule has 1 unspecified atom stereocenters. The molecule has 0 bridgehead atoms. The summed E-state index contributed by atoms with van der Waals surface area (Å²) < 4.78 is 0. The SMILES string of the molecule is O=C(O)C(Cc1ccc(CN(CCO)CCO)cc1)N=C(c1ccccc1)c1ccccc1. The lowest BCUT2D eigenvalue weighted by atomic mass is 10.0. The monoisotopic (exact) mass is 446 g/mol. The third-order valence-corrected chi connectivity index (χ3v) is 5.36. The van der Waals surface area contributed by atoms with Crippen molar-refractivity contribution in [2.45, 2.75) is 19.0 Å². The average molecular weight is 447 g/mol. The lowest BCUT2D eigenvalue weighted by molar-refractivity contribution is -0.138. The second kappa shape index (κ2) is 12.6. The minimum Gasteiger partial charge on any atom is -0.480 e. The predicted octanol–water partition coefficient (Wildman–Crippen LogP) is 3.01. The van der Waals surface area contributed by atoms with Crippen LogP contribution in [0.2, 0.25) is 0 Å². The number of benzene rings is 3. The quantitative estimate of drug-likeness (QED) is 0.372. The molecule has 0 aliphatic carbocycles. The van der Waals surface area contributed by atoms with Gasteiger partial charge in [-0.15, -0.1) is 0 Å². The molecule has 0 aliphatic heterocycles. The molecule has 0 fully saturated rings. The molecule has 0 saturated heterocycles. The van der Waals surface area contributed by atoms with Crippen LogP contribution in [0.1, 0.15) is 22.3 Å². The van der Waals surface area contributed by atoms with Crippen LogP contribution in [0, 0.1) is 0 Å². The van der Waals surface area contributed by atoms with Gasteiger partial charge in [-0.1, -0.05) is 84.9 Å². The third-order valence-electron chi connectivity index (χ3n) is 5.36. The van der Waals surface area contributed by atoms with E-state index in [-0.39, 0.29) is 19.6 Å². The summed E-state index contributed by atoms with van der Waals surface area (Å²) >= 11 is 0. The molecule has 0 amide bonds. The van der Waals surface area contributed by atoms with Crippen LogP contribution in [0.25, 0.3) is 0 Å². The van der Waals surface area contributed by atoms with E-state index < -0.39 is 12.0 Å². The number of aliphatic hydroxyl groups excluding tert-OH is 2. The Labute approximate surface area is 194 Å². The maximum Gasteiger partial charge on any atom is 0.328 e. The second-order valence-electron chi connectivity index (χ2n) is 7.81. The molecule has 0 aliphatic rings. The van der Waals surface area contributed by atoms with Gasteiger partial charge in [0.05, 0.1) is 18.9 Å². The van der Waals surface area contributed by atoms with E-state index in [0.29, 0.717) is 25.3 Å². The number of aliphatic hydroxyl groups is 2. The summed E-state index contributed by atoms with van der Waals surface area (Å²) in [6, 6.07) is 26.1. The topological polar surface area (TPSA) is 93.4 Å². The molecule has 0 aromatic heterocycles. The number of nitrogens with zero attached hydrogens (tertiary/aromatic N) is 2. The number of carbonyl (C=O) groups is 1. The number of hydrogen-bond donors (Lipinski definition) is 3. The minimum atomic E-state index is -0.972. The lowest BCUT2D eigenvalue weighted by Gasteiger charge is -2.20. The van der Waals surface area contributed by atoms with Crippen LogP contribution in [-0.4, -0.2) is 64.2 Å². The number of aliphatic carboxylic acids is 1. The summed E-state index contributed by atoms with van der Waals surface area (Å²) in [6.07, 6.45) is 0.274. The van der Waals surface area contributed by atoms with E-state index in [1.807, 2.05) is 89.8 Å². The van der Waals surface area contributed by atoms with Gasteiger partial charge in [0.1, 0.15) is 0 Å². The molecule has 0 radical (unpaired) electrons. The van der Waals surface area contributed by atoms with Crippen molar-refractivity contribution in [1.29, 1.82) is 0 Å². The Balaban J connectivity index is 1.82. The van der Waals surface area contributed by atoms with Gasteiger partial charge >= 0.3 is 5.97 Å². The van der Waals surface area contributed by atoms with Crippen molar-refractivity contribution in [2.75, 3.05) is 26.3 Å². The van der Waals surface area contributed by atoms with Gasteiger partial charge in [-0.25, -0.2) is 4.79 Å². The normalized spacial score (nSPS) is 11.8. The van der Waals surface area contributed by atoms with Crippen LogP contribution >= 0.6 is 0 Å². The standard InChI is InChI=1S/C27H30N2O4/c30-17-15-29(16-18-31)20-22-13-11-21(12-14-22)19-25(27(32)33)28-26(23-7-3-1-4-8-23)24-9-5-2-6-10-24/h1-14,25,30-31H,15-20H2,(H,32,33). The highest BCUT2D eigenvalue weighted by Crippen LogP contribution is 2.16. The molecular formula is C27H30N2O4. The number of aliphatic imine (C=N–C) groups is 1. The maximum atomic E-state index is 12.1. The Morgan fingerprint density at radius 3 is 1.70 bits per heavy atom. The largest absolute Gasteiger partial charge is 0.480 e. The van der Waals surface area contributed by atoms with Gasteiger partial charge in [-0.05, 0) is 11.1 Å². The van der Waals surface area contributed by atoms with Gasteiger partial charge in [-0.3, -0.25) is 9.89 Å². The first-order valence-electron chi connectivity index (χ1n) is 11.0. The van der Waals surface area contributed by atoms with Crippen molar-refractivity contribution < 1.29 is 20.1 Å². The fraction of sp³-hybridized carbons (Fsp3) is 0.259. The molecule has 3 aromatic rings. The van der Waals surface area contributed by atoms with Crippen LogP contribution in [0.5, 0.6) is 0 Å². The molecule has 33 heavy (non-hydrogen) atoms. The fourth-order valence-electron chi connectivity index (χ4n) is 3.67. The van der Waals surface area contributed by atoms with Gasteiger partial charge in [-0.2, -0.15) is 0 Å². The molecule has 3 rings (SSSR count). The van der Waals surface area contributed by atoms with E-state index in [4.69, 9.17) is 0 Å². The van der Waals surface area contributed by atoms with Crippen molar-refractivity contribution in [2.24, 2.45) is 4.99 Å². The zero-order valence-corrected chi connectivity index (χ0v) is 18.5. The van der Waals surface area contributed by atoms with Crippen LogP contribution in [0.4, 0.5) is 0 Å². The molecule has 3 aromatic carbocycles. The number of carboxylic acids is 1. The molecule has 1 atom stereocenters. The number of carboxylic acid groups (broad SMARTS) is 1. The minimum absolute atomic E-state index is 0.0293. The van der Waals surface area contributed by atoms with Crippen LogP contribution in [0.3, 0.4) is 0 Å². The summed E-state index contributed by atoms with van der Waals surface area (Å²) in [6.45, 7) is 1.64. The van der Waals surface area contributed by atoms with Gasteiger partial charge in [0, 0.05) is 37.2 Å². The molecule has 0 spiro atoms. The summed E-state index contributed by atoms with van der Waals surface area (Å²) in [5, 5.41) is 28.3. The highest BCUT2D eigenvalue weighted by molar-refractivity contribution is 6.13. The van der Waals surface area contributed by atoms with Gasteiger partial charge < -0.3 is 15.3 Å². The van der Waals surface area contributed by atoms with Crippen molar-refractivity contribution in [3.8, 4) is 0 Å². The van der Waals surface area contributed by atoms with Gasteiger partial charge in [0.15, 0.2) is 6.04 Å². The fourth-order valence-corrected chi connectivity index (χ4v) is 3.67. The Bertz CT molecular complexity index is 974. The van der Waals surface area contributed by atoms with Crippen LogP contribution in [0.15, 0.2) is 89.9 Å². The van der Waals surface area contributed by atoms with Crippen LogP contribution in [-0.2, 0) is 17.8 Å². The van der Waals surface area contributed by atoms with E-state index >= 15 is 0 Å². The Morgan fingerprint density at radius 1 is 0.758 bits per heavy atom. The third kappa shape index (κ3) is 7.36. The molecule has 0 heterocycles.